The van der Waals surface area contributed by atoms with Gasteiger partial charge in [-0.25, -0.2) is 0 Å². The van der Waals surface area contributed by atoms with Crippen molar-refractivity contribution in [1.82, 2.24) is 0 Å². The lowest BCUT2D eigenvalue weighted by atomic mass is 9.31. The normalized spacial score (nSPS) is 13.7. The molecule has 0 amide bonds. The van der Waals surface area contributed by atoms with Crippen molar-refractivity contribution in [3.8, 4) is 33.8 Å². The number of para-hydroxylation sites is 2. The predicted octanol–water partition coefficient (Wildman–Crippen LogP) is 10.4. The van der Waals surface area contributed by atoms with Crippen LogP contribution in [-0.2, 0) is 0 Å². The van der Waals surface area contributed by atoms with Crippen LogP contribution in [0.25, 0.3) is 54.6 Å². The molecular formula is C58H42B2N2O2. The number of ether oxygens (including phenoxy) is 2. The van der Waals surface area contributed by atoms with Crippen LogP contribution < -0.4 is 52.1 Å². The maximum Gasteiger partial charge on any atom is 0.248 e. The summed E-state index contributed by atoms with van der Waals surface area (Å²) in [6.45, 7) is 9.21. The largest absolute Gasteiger partial charge is 0.497 e. The molecule has 0 aromatic heterocycles. The fraction of sp³-hybridized carbons (Fsp3) is 0.103. The molecule has 0 radical (unpaired) electrons. The first kappa shape index (κ1) is 36.1. The van der Waals surface area contributed by atoms with Gasteiger partial charge >= 0.3 is 0 Å². The van der Waals surface area contributed by atoms with E-state index in [0.717, 1.165) is 28.6 Å². The minimum Gasteiger partial charge on any atom is -0.497 e. The van der Waals surface area contributed by atoms with E-state index in [2.05, 4.69) is 183 Å². The van der Waals surface area contributed by atoms with Crippen LogP contribution >= 0.6 is 0 Å². The Kier molecular flexibility index (Phi) is 7.11. The van der Waals surface area contributed by atoms with E-state index in [4.69, 9.17) is 9.47 Å². The van der Waals surface area contributed by atoms with Crippen LogP contribution in [0.2, 0.25) is 0 Å². The molecule has 64 heavy (non-hydrogen) atoms. The third kappa shape index (κ3) is 4.50. The van der Waals surface area contributed by atoms with Crippen LogP contribution in [0.3, 0.4) is 0 Å². The van der Waals surface area contributed by atoms with Gasteiger partial charge in [0.05, 0.1) is 14.2 Å². The molecule has 0 N–H and O–H groups in total. The molecule has 0 spiro atoms. The number of hydrogen-bond acceptors (Lipinski definition) is 4. The standard InChI is InChI=1S/C58H42B2N2O2/c1-31-17-19-45-49(22-31)61(35-13-9-7-10-14-35)52-28-38(64-6)26-44-42-25-34(4)40-29-47-53-41(24-33(3)39-30-48(59(45)58(44)52)54(42)56(40)55(39)53)43-21-32(2)23-51-57(43)60(47)46-20-18-37(63-5)27-50(46)62(51)36-15-11-8-12-16-36/h7-30H,1-6H3. The molecule has 4 aliphatic heterocycles. The molecule has 0 fully saturated rings. The molecule has 10 aromatic rings. The summed E-state index contributed by atoms with van der Waals surface area (Å²) >= 11 is 0. The van der Waals surface area contributed by atoms with Crippen molar-refractivity contribution in [2.45, 2.75) is 27.7 Å². The Labute approximate surface area is 373 Å². The Morgan fingerprint density at radius 3 is 1.42 bits per heavy atom. The highest BCUT2D eigenvalue weighted by molar-refractivity contribution is 7.02. The van der Waals surface area contributed by atoms with Crippen molar-refractivity contribution < 1.29 is 9.47 Å². The number of hydrogen-bond donors (Lipinski definition) is 0. The van der Waals surface area contributed by atoms with Crippen molar-refractivity contribution in [2.75, 3.05) is 24.0 Å². The number of anilines is 6. The molecule has 4 heterocycles. The van der Waals surface area contributed by atoms with Gasteiger partial charge < -0.3 is 19.3 Å². The Bertz CT molecular complexity index is 3710. The topological polar surface area (TPSA) is 24.9 Å². The molecule has 0 atom stereocenters. The lowest BCUT2D eigenvalue weighted by molar-refractivity contribution is 0.415. The van der Waals surface area contributed by atoms with Gasteiger partial charge in [0.2, 0.25) is 13.4 Å². The second-order valence-corrected chi connectivity index (χ2v) is 18.6. The first-order valence-corrected chi connectivity index (χ1v) is 22.5. The monoisotopic (exact) mass is 820 g/mol. The lowest BCUT2D eigenvalue weighted by Crippen LogP contribution is -2.60. The summed E-state index contributed by atoms with van der Waals surface area (Å²) in [5.74, 6) is 1.72. The molecule has 302 valence electrons. The Morgan fingerprint density at radius 2 is 0.859 bits per heavy atom. The molecule has 0 unspecified atom stereocenters. The van der Waals surface area contributed by atoms with Gasteiger partial charge in [0.15, 0.2) is 0 Å². The van der Waals surface area contributed by atoms with Crippen molar-refractivity contribution in [2.24, 2.45) is 0 Å². The lowest BCUT2D eigenvalue weighted by Gasteiger charge is -2.42. The molecule has 14 rings (SSSR count). The summed E-state index contributed by atoms with van der Waals surface area (Å²) in [7, 11) is 3.57. The Balaban J connectivity index is 1.13. The number of benzene rings is 10. The average Bonchev–Trinajstić information content (AvgIpc) is 3.31. The third-order valence-electron chi connectivity index (χ3n) is 15.1. The van der Waals surface area contributed by atoms with E-state index in [0.29, 0.717) is 0 Å². The van der Waals surface area contributed by atoms with Crippen molar-refractivity contribution in [1.29, 1.82) is 0 Å². The van der Waals surface area contributed by atoms with Crippen LogP contribution in [0.1, 0.15) is 22.3 Å². The van der Waals surface area contributed by atoms with E-state index < -0.39 is 0 Å². The van der Waals surface area contributed by atoms with Gasteiger partial charge in [0, 0.05) is 46.3 Å². The minimum absolute atomic E-state index is 0.0321. The summed E-state index contributed by atoms with van der Waals surface area (Å²) < 4.78 is 12.1. The molecule has 10 aromatic carbocycles. The van der Waals surface area contributed by atoms with Crippen LogP contribution in [0, 0.1) is 27.7 Å². The molecule has 4 aliphatic rings. The first-order chi connectivity index (χ1) is 31.3. The smallest absolute Gasteiger partial charge is 0.248 e. The van der Waals surface area contributed by atoms with E-state index >= 15 is 0 Å². The van der Waals surface area contributed by atoms with Gasteiger partial charge in [-0.2, -0.15) is 0 Å². The van der Waals surface area contributed by atoms with Crippen molar-refractivity contribution in [3.63, 3.8) is 0 Å². The second-order valence-electron chi connectivity index (χ2n) is 18.6. The van der Waals surface area contributed by atoms with E-state index in [1.54, 1.807) is 14.2 Å². The van der Waals surface area contributed by atoms with Crippen LogP contribution in [0.4, 0.5) is 34.1 Å². The molecule has 6 heteroatoms. The third-order valence-corrected chi connectivity index (χ3v) is 15.1. The van der Waals surface area contributed by atoms with Crippen LogP contribution in [0.5, 0.6) is 11.5 Å². The van der Waals surface area contributed by atoms with Crippen LogP contribution in [-0.4, -0.2) is 27.6 Å². The summed E-state index contributed by atoms with van der Waals surface area (Å²) in [5, 5.41) is 8.20. The van der Waals surface area contributed by atoms with E-state index in [1.807, 2.05) is 0 Å². The number of methoxy groups -OCH3 is 2. The molecule has 0 saturated carbocycles. The molecule has 4 nitrogen and oxygen atoms in total. The SMILES string of the molecule is COc1ccc2c(c1)N(c1ccccc1)c1cc(C)cc3c1B2c1cc2c(C)cc4c5c(cc6c(C)cc-3c1c6c25)B1c2ccc(C)cc2N(c2ccccc2)c2cc(OC)cc-4c21. The van der Waals surface area contributed by atoms with E-state index in [1.165, 1.54) is 127 Å². The number of rotatable bonds is 4. The maximum atomic E-state index is 6.20. The predicted molar refractivity (Wildman–Crippen MR) is 272 cm³/mol. The zero-order valence-electron chi connectivity index (χ0n) is 36.7. The summed E-state index contributed by atoms with van der Waals surface area (Å²) in [6.07, 6.45) is 0. The average molecular weight is 821 g/mol. The van der Waals surface area contributed by atoms with E-state index in [-0.39, 0.29) is 13.4 Å². The highest BCUT2D eigenvalue weighted by atomic mass is 16.5. The summed E-state index contributed by atoms with van der Waals surface area (Å²) in [4.78, 5) is 4.93. The van der Waals surface area contributed by atoms with Crippen molar-refractivity contribution in [3.05, 3.63) is 168 Å². The van der Waals surface area contributed by atoms with Gasteiger partial charge in [-0.3, -0.25) is 0 Å². The first-order valence-electron chi connectivity index (χ1n) is 22.5. The maximum absolute atomic E-state index is 6.20. The fourth-order valence-electron chi connectivity index (χ4n) is 12.5. The molecule has 0 bridgehead atoms. The van der Waals surface area contributed by atoms with Gasteiger partial charge in [-0.05, 0) is 175 Å². The van der Waals surface area contributed by atoms with Gasteiger partial charge in [-0.1, -0.05) is 95.9 Å². The van der Waals surface area contributed by atoms with Crippen molar-refractivity contribution >= 4 is 113 Å². The highest BCUT2D eigenvalue weighted by Crippen LogP contribution is 2.50. The van der Waals surface area contributed by atoms with Gasteiger partial charge in [0.25, 0.3) is 0 Å². The van der Waals surface area contributed by atoms with Gasteiger partial charge in [0.1, 0.15) is 11.5 Å². The number of aryl methyl sites for hydroxylation is 4. The summed E-state index contributed by atoms with van der Waals surface area (Å²) in [5.41, 5.74) is 25.5. The highest BCUT2D eigenvalue weighted by Gasteiger charge is 2.45. The van der Waals surface area contributed by atoms with Gasteiger partial charge in [-0.15, -0.1) is 0 Å². The number of nitrogens with zero attached hydrogens (tertiary/aromatic N) is 2. The number of fused-ring (bicyclic) bond motifs is 8. The second kappa shape index (κ2) is 12.6. The molecule has 0 aliphatic carbocycles. The molecule has 0 saturated heterocycles. The Hall–Kier alpha value is -7.43. The van der Waals surface area contributed by atoms with Crippen LogP contribution in [0.15, 0.2) is 146 Å². The zero-order chi connectivity index (χ0) is 42.9. The minimum atomic E-state index is 0.0321. The Morgan fingerprint density at radius 1 is 0.375 bits per heavy atom. The zero-order valence-corrected chi connectivity index (χ0v) is 36.7. The quantitative estimate of drug-likeness (QED) is 0.130. The molecular weight excluding hydrogens is 778 g/mol. The van der Waals surface area contributed by atoms with E-state index in [9.17, 15) is 0 Å². The summed E-state index contributed by atoms with van der Waals surface area (Å²) in [6, 6.07) is 55.1. The fourth-order valence-corrected chi connectivity index (χ4v) is 12.5.